The zero-order chi connectivity index (χ0) is 13.1. The lowest BCUT2D eigenvalue weighted by Crippen LogP contribution is -2.11. The lowest BCUT2D eigenvalue weighted by molar-refractivity contribution is 0.112. The Hall–Kier alpha value is -2.09. The van der Waals surface area contributed by atoms with Gasteiger partial charge in [-0.15, -0.1) is 0 Å². The van der Waals surface area contributed by atoms with Crippen LogP contribution in [0, 0.1) is 13.8 Å². The highest BCUT2D eigenvalue weighted by molar-refractivity contribution is 5.79. The van der Waals surface area contributed by atoms with Crippen LogP contribution in [-0.2, 0) is 0 Å². The number of carbonyl (C=O) groups excluding carboxylic acids is 1. The maximum Gasteiger partial charge on any atom is 0.150 e. The van der Waals surface area contributed by atoms with Crippen molar-refractivity contribution in [1.82, 2.24) is 0 Å². The van der Waals surface area contributed by atoms with Crippen molar-refractivity contribution < 1.29 is 4.79 Å². The zero-order valence-electron chi connectivity index (χ0n) is 11.0. The van der Waals surface area contributed by atoms with E-state index >= 15 is 0 Å². The van der Waals surface area contributed by atoms with Crippen LogP contribution in [0.1, 0.15) is 21.5 Å². The fraction of sp³-hybridized carbons (Fsp3) is 0.188. The van der Waals surface area contributed by atoms with Gasteiger partial charge in [0.05, 0.1) is 0 Å². The number of para-hydroxylation sites is 1. The zero-order valence-corrected chi connectivity index (χ0v) is 11.0. The van der Waals surface area contributed by atoms with Crippen molar-refractivity contribution in [3.63, 3.8) is 0 Å². The molecule has 0 heterocycles. The summed E-state index contributed by atoms with van der Waals surface area (Å²) in [6, 6.07) is 14.1. The van der Waals surface area contributed by atoms with E-state index in [0.717, 1.165) is 23.1 Å². The molecule has 92 valence electrons. The molecule has 0 fully saturated rings. The van der Waals surface area contributed by atoms with Gasteiger partial charge in [0.2, 0.25) is 0 Å². The number of hydrogen-bond donors (Lipinski definition) is 0. The number of aryl methyl sites for hydroxylation is 2. The molecule has 0 bridgehead atoms. The second kappa shape index (κ2) is 5.05. The number of carbonyl (C=O) groups is 1. The summed E-state index contributed by atoms with van der Waals surface area (Å²) in [6.07, 6.45) is 0.896. The van der Waals surface area contributed by atoms with Crippen molar-refractivity contribution in [1.29, 1.82) is 0 Å². The first-order chi connectivity index (χ1) is 8.63. The van der Waals surface area contributed by atoms with Gasteiger partial charge in [0.15, 0.2) is 0 Å². The molecule has 0 aliphatic rings. The number of nitrogens with zero attached hydrogens (tertiary/aromatic N) is 1. The van der Waals surface area contributed by atoms with Crippen molar-refractivity contribution in [2.75, 3.05) is 11.9 Å². The standard InChI is InChI=1S/C16H17NO/c1-12-6-4-5-7-16(12)17(3)15-9-8-14(11-18)13(2)10-15/h4-11H,1-3H3. The summed E-state index contributed by atoms with van der Waals surface area (Å²) in [6.45, 7) is 4.05. The summed E-state index contributed by atoms with van der Waals surface area (Å²) < 4.78 is 0. The van der Waals surface area contributed by atoms with E-state index < -0.39 is 0 Å². The largest absolute Gasteiger partial charge is 0.344 e. The quantitative estimate of drug-likeness (QED) is 0.757. The molecular weight excluding hydrogens is 222 g/mol. The van der Waals surface area contributed by atoms with Crippen LogP contribution in [0.15, 0.2) is 42.5 Å². The number of aldehydes is 1. The third-order valence-corrected chi connectivity index (χ3v) is 3.24. The predicted octanol–water partition coefficient (Wildman–Crippen LogP) is 3.88. The Morgan fingerprint density at radius 1 is 1.00 bits per heavy atom. The second-order valence-corrected chi connectivity index (χ2v) is 4.50. The normalized spacial score (nSPS) is 10.2. The summed E-state index contributed by atoms with van der Waals surface area (Å²) in [5, 5.41) is 0. The fourth-order valence-corrected chi connectivity index (χ4v) is 2.08. The van der Waals surface area contributed by atoms with Crippen LogP contribution in [0.2, 0.25) is 0 Å². The van der Waals surface area contributed by atoms with Gasteiger partial charge in [0, 0.05) is 24.0 Å². The molecule has 0 amide bonds. The topological polar surface area (TPSA) is 20.3 Å². The van der Waals surface area contributed by atoms with Crippen LogP contribution in [0.5, 0.6) is 0 Å². The first-order valence-corrected chi connectivity index (χ1v) is 5.98. The number of rotatable bonds is 3. The molecule has 2 aromatic rings. The van der Waals surface area contributed by atoms with E-state index in [1.54, 1.807) is 0 Å². The highest BCUT2D eigenvalue weighted by Crippen LogP contribution is 2.27. The highest BCUT2D eigenvalue weighted by atomic mass is 16.1. The summed E-state index contributed by atoms with van der Waals surface area (Å²) in [5.74, 6) is 0. The van der Waals surface area contributed by atoms with Crippen LogP contribution in [0.3, 0.4) is 0 Å². The Morgan fingerprint density at radius 2 is 1.72 bits per heavy atom. The Morgan fingerprint density at radius 3 is 2.33 bits per heavy atom. The average molecular weight is 239 g/mol. The van der Waals surface area contributed by atoms with Gasteiger partial charge in [-0.25, -0.2) is 0 Å². The molecule has 0 unspecified atom stereocenters. The molecule has 0 aliphatic carbocycles. The van der Waals surface area contributed by atoms with Crippen molar-refractivity contribution in [2.45, 2.75) is 13.8 Å². The first kappa shape index (κ1) is 12.4. The van der Waals surface area contributed by atoms with E-state index in [2.05, 4.69) is 24.0 Å². The highest BCUT2D eigenvalue weighted by Gasteiger charge is 2.07. The summed E-state index contributed by atoms with van der Waals surface area (Å²) in [7, 11) is 2.04. The van der Waals surface area contributed by atoms with E-state index in [1.165, 1.54) is 11.3 Å². The minimum Gasteiger partial charge on any atom is -0.344 e. The van der Waals surface area contributed by atoms with Gasteiger partial charge < -0.3 is 4.90 Å². The number of hydrogen-bond acceptors (Lipinski definition) is 2. The minimum absolute atomic E-state index is 0.747. The molecule has 0 atom stereocenters. The maximum absolute atomic E-state index is 10.8. The summed E-state index contributed by atoms with van der Waals surface area (Å²) >= 11 is 0. The Bertz CT molecular complexity index is 575. The Labute approximate surface area is 108 Å². The van der Waals surface area contributed by atoms with Gasteiger partial charge in [-0.3, -0.25) is 4.79 Å². The summed E-state index contributed by atoms with van der Waals surface area (Å²) in [4.78, 5) is 13.0. The van der Waals surface area contributed by atoms with Gasteiger partial charge in [-0.05, 0) is 49.2 Å². The molecule has 2 nitrogen and oxygen atoms in total. The van der Waals surface area contributed by atoms with Crippen LogP contribution >= 0.6 is 0 Å². The third-order valence-electron chi connectivity index (χ3n) is 3.24. The molecule has 18 heavy (non-hydrogen) atoms. The van der Waals surface area contributed by atoms with Crippen molar-refractivity contribution in [3.8, 4) is 0 Å². The van der Waals surface area contributed by atoms with Gasteiger partial charge in [0.1, 0.15) is 6.29 Å². The van der Waals surface area contributed by atoms with E-state index in [4.69, 9.17) is 0 Å². The number of anilines is 2. The van der Waals surface area contributed by atoms with Gasteiger partial charge in [-0.1, -0.05) is 18.2 Å². The molecule has 0 radical (unpaired) electrons. The Balaban J connectivity index is 2.40. The van der Waals surface area contributed by atoms with Crippen molar-refractivity contribution in [3.05, 3.63) is 59.2 Å². The fourth-order valence-electron chi connectivity index (χ4n) is 2.08. The molecule has 2 rings (SSSR count). The molecule has 0 spiro atoms. The monoisotopic (exact) mass is 239 g/mol. The first-order valence-electron chi connectivity index (χ1n) is 5.98. The van der Waals surface area contributed by atoms with Crippen LogP contribution in [-0.4, -0.2) is 13.3 Å². The maximum atomic E-state index is 10.8. The smallest absolute Gasteiger partial charge is 0.150 e. The Kier molecular flexibility index (Phi) is 3.47. The lowest BCUT2D eigenvalue weighted by Gasteiger charge is -2.22. The number of benzene rings is 2. The average Bonchev–Trinajstić information content (AvgIpc) is 2.38. The van der Waals surface area contributed by atoms with Crippen molar-refractivity contribution >= 4 is 17.7 Å². The van der Waals surface area contributed by atoms with E-state index in [9.17, 15) is 4.79 Å². The minimum atomic E-state index is 0.747. The third kappa shape index (κ3) is 2.28. The van der Waals surface area contributed by atoms with E-state index in [1.807, 2.05) is 44.3 Å². The molecule has 2 heteroatoms. The van der Waals surface area contributed by atoms with Crippen LogP contribution in [0.4, 0.5) is 11.4 Å². The van der Waals surface area contributed by atoms with Crippen LogP contribution < -0.4 is 4.90 Å². The second-order valence-electron chi connectivity index (χ2n) is 4.50. The van der Waals surface area contributed by atoms with Gasteiger partial charge in [-0.2, -0.15) is 0 Å². The van der Waals surface area contributed by atoms with Gasteiger partial charge >= 0.3 is 0 Å². The lowest BCUT2D eigenvalue weighted by atomic mass is 10.1. The molecule has 0 saturated heterocycles. The molecule has 0 N–H and O–H groups in total. The summed E-state index contributed by atoms with van der Waals surface area (Å²) in [5.41, 5.74) is 5.25. The molecular formula is C16H17NO. The van der Waals surface area contributed by atoms with E-state index in [-0.39, 0.29) is 0 Å². The molecule has 2 aromatic carbocycles. The van der Waals surface area contributed by atoms with Crippen molar-refractivity contribution in [2.24, 2.45) is 0 Å². The molecule has 0 aliphatic heterocycles. The SMILES string of the molecule is Cc1cc(N(C)c2ccccc2C)ccc1C=O. The van der Waals surface area contributed by atoms with Crippen LogP contribution in [0.25, 0.3) is 0 Å². The molecule has 0 aromatic heterocycles. The van der Waals surface area contributed by atoms with Gasteiger partial charge in [0.25, 0.3) is 0 Å². The van der Waals surface area contributed by atoms with E-state index in [0.29, 0.717) is 0 Å². The predicted molar refractivity (Wildman–Crippen MR) is 75.8 cm³/mol. The molecule has 0 saturated carbocycles.